The molecule has 0 radical (unpaired) electrons. The number of sulfone groups is 1. The third-order valence-electron chi connectivity index (χ3n) is 6.81. The summed E-state index contributed by atoms with van der Waals surface area (Å²) in [6.07, 6.45) is 2.01. The number of rotatable bonds is 7. The Morgan fingerprint density at radius 3 is 2.50 bits per heavy atom. The lowest BCUT2D eigenvalue weighted by Crippen LogP contribution is -2.37. The molecule has 1 aliphatic heterocycles. The summed E-state index contributed by atoms with van der Waals surface area (Å²) in [5, 5.41) is 3.73. The molecule has 1 unspecified atom stereocenters. The number of carbonyl (C=O) groups excluding carboxylic acids is 1. The summed E-state index contributed by atoms with van der Waals surface area (Å²) in [6.45, 7) is 9.89. The summed E-state index contributed by atoms with van der Waals surface area (Å²) in [5.74, 6) is -1.15. The van der Waals surface area contributed by atoms with Gasteiger partial charge in [-0.05, 0) is 55.9 Å². The van der Waals surface area contributed by atoms with Crippen LogP contribution >= 0.6 is 0 Å². The normalized spacial score (nSPS) is 16.6. The number of nitrogens with two attached hydrogens (primary N) is 1. The Kier molecular flexibility index (Phi) is 6.88. The highest BCUT2D eigenvalue weighted by Gasteiger charge is 2.28. The maximum atomic E-state index is 13.1. The van der Waals surface area contributed by atoms with Crippen LogP contribution in [0, 0.1) is 12.3 Å². The van der Waals surface area contributed by atoms with Crippen molar-refractivity contribution in [3.8, 4) is 0 Å². The number of primary amides is 1. The van der Waals surface area contributed by atoms with E-state index in [0.29, 0.717) is 22.5 Å². The first-order chi connectivity index (χ1) is 16.9. The summed E-state index contributed by atoms with van der Waals surface area (Å²) in [5.41, 5.74) is 7.76. The van der Waals surface area contributed by atoms with Gasteiger partial charge in [0, 0.05) is 24.7 Å². The zero-order valence-corrected chi connectivity index (χ0v) is 21.9. The molecule has 2 aromatic carbocycles. The van der Waals surface area contributed by atoms with E-state index < -0.39 is 27.5 Å². The third-order valence-corrected chi connectivity index (χ3v) is 8.50. The molecular weight excluding hydrogens is 478 g/mol. The van der Waals surface area contributed by atoms with Crippen LogP contribution in [0.3, 0.4) is 0 Å². The van der Waals surface area contributed by atoms with Crippen molar-refractivity contribution in [2.75, 3.05) is 29.1 Å². The Morgan fingerprint density at radius 2 is 1.83 bits per heavy atom. The van der Waals surface area contributed by atoms with Crippen LogP contribution in [0.15, 0.2) is 56.6 Å². The van der Waals surface area contributed by atoms with E-state index in [9.17, 15) is 18.0 Å². The summed E-state index contributed by atoms with van der Waals surface area (Å²) in [7, 11) is -3.92. The number of nitrogens with zero attached hydrogens (tertiary/aromatic N) is 1. The van der Waals surface area contributed by atoms with Gasteiger partial charge in [0.1, 0.15) is 11.3 Å². The lowest BCUT2D eigenvalue weighted by atomic mass is 9.83. The first-order valence-corrected chi connectivity index (χ1v) is 13.7. The highest BCUT2D eigenvalue weighted by Crippen LogP contribution is 2.35. The number of hydrogen-bond donors (Lipinski definition) is 2. The topological polar surface area (TPSA) is 123 Å². The Balaban J connectivity index is 1.74. The molecule has 1 aromatic heterocycles. The maximum Gasteiger partial charge on any atom is 0.233 e. The number of piperidine rings is 1. The number of nitrogens with one attached hydrogen (secondary N) is 1. The fourth-order valence-corrected chi connectivity index (χ4v) is 5.94. The van der Waals surface area contributed by atoms with Crippen molar-refractivity contribution in [1.82, 2.24) is 0 Å². The van der Waals surface area contributed by atoms with Gasteiger partial charge in [0.15, 0.2) is 21.2 Å². The maximum absolute atomic E-state index is 13.1. The van der Waals surface area contributed by atoms with E-state index in [1.165, 1.54) is 6.07 Å². The molecule has 192 valence electrons. The second-order valence-electron chi connectivity index (χ2n) is 10.4. The fraction of sp³-hybridized carbons (Fsp3) is 0.407. The second-order valence-corrected chi connectivity index (χ2v) is 12.4. The van der Waals surface area contributed by atoms with Crippen molar-refractivity contribution in [3.05, 3.63) is 63.8 Å². The summed E-state index contributed by atoms with van der Waals surface area (Å²) < 4.78 is 31.9. The lowest BCUT2D eigenvalue weighted by Gasteiger charge is -2.37. The Labute approximate surface area is 211 Å². The van der Waals surface area contributed by atoms with Crippen molar-refractivity contribution >= 4 is 38.3 Å². The molecule has 0 bridgehead atoms. The molecule has 1 atom stereocenters. The molecule has 8 nitrogen and oxygen atoms in total. The van der Waals surface area contributed by atoms with E-state index in [1.54, 1.807) is 24.3 Å². The van der Waals surface area contributed by atoms with Crippen LogP contribution in [-0.4, -0.2) is 33.2 Å². The molecular formula is C27H33N3O5S. The number of aryl methyl sites for hydroxylation is 1. The second kappa shape index (κ2) is 9.61. The molecule has 9 heteroatoms. The van der Waals surface area contributed by atoms with Gasteiger partial charge in [-0.25, -0.2) is 8.42 Å². The van der Waals surface area contributed by atoms with Crippen LogP contribution in [0.25, 0.3) is 11.0 Å². The van der Waals surface area contributed by atoms with Gasteiger partial charge in [-0.1, -0.05) is 32.0 Å². The quantitative estimate of drug-likeness (QED) is 0.488. The predicted molar refractivity (Wildman–Crippen MR) is 142 cm³/mol. The van der Waals surface area contributed by atoms with Gasteiger partial charge in [-0.2, -0.15) is 0 Å². The zero-order valence-electron chi connectivity index (χ0n) is 21.1. The zero-order chi connectivity index (χ0) is 26.3. The van der Waals surface area contributed by atoms with Gasteiger partial charge in [0.05, 0.1) is 22.0 Å². The first-order valence-electron chi connectivity index (χ1n) is 12.1. The number of anilines is 2. The minimum Gasteiger partial charge on any atom is -0.440 e. The van der Waals surface area contributed by atoms with E-state index in [4.69, 9.17) is 10.2 Å². The number of hydrogen-bond acceptors (Lipinski definition) is 7. The number of amides is 1. The average molecular weight is 512 g/mol. The van der Waals surface area contributed by atoms with Crippen LogP contribution < -0.4 is 21.4 Å². The predicted octanol–water partition coefficient (Wildman–Crippen LogP) is 4.16. The van der Waals surface area contributed by atoms with Crippen LogP contribution in [-0.2, 0) is 14.6 Å². The third kappa shape index (κ3) is 5.41. The molecule has 0 saturated carbocycles. The number of benzene rings is 2. The molecule has 36 heavy (non-hydrogen) atoms. The standard InChI is InChI=1S/C27H33N3O5S/c1-17-13-19(18(2)29-21-7-5-6-8-23(21)36(33,34)16-24(28)32)26-20(14-17)22(31)15-25(35-26)30-11-9-27(3,4)10-12-30/h5-8,13-15,18,29H,9-12,16H2,1-4H3,(H2,28,32). The highest BCUT2D eigenvalue weighted by molar-refractivity contribution is 7.92. The van der Waals surface area contributed by atoms with E-state index in [0.717, 1.165) is 37.1 Å². The monoisotopic (exact) mass is 511 g/mol. The highest BCUT2D eigenvalue weighted by atomic mass is 32.2. The van der Waals surface area contributed by atoms with Crippen molar-refractivity contribution in [2.45, 2.75) is 51.5 Å². The lowest BCUT2D eigenvalue weighted by molar-refractivity contribution is -0.115. The molecule has 4 rings (SSSR count). The average Bonchev–Trinajstić information content (AvgIpc) is 2.78. The summed E-state index contributed by atoms with van der Waals surface area (Å²) >= 11 is 0. The van der Waals surface area contributed by atoms with Gasteiger partial charge in [-0.3, -0.25) is 9.59 Å². The van der Waals surface area contributed by atoms with E-state index in [-0.39, 0.29) is 15.7 Å². The summed E-state index contributed by atoms with van der Waals surface area (Å²) in [6, 6.07) is 11.3. The van der Waals surface area contributed by atoms with Gasteiger partial charge in [0.2, 0.25) is 5.91 Å². The van der Waals surface area contributed by atoms with Crippen molar-refractivity contribution < 1.29 is 17.6 Å². The SMILES string of the molecule is Cc1cc(C(C)Nc2ccccc2S(=O)(=O)CC(N)=O)c2oc(N3CCC(C)(C)CC3)cc(=O)c2c1. The van der Waals surface area contributed by atoms with Crippen molar-refractivity contribution in [1.29, 1.82) is 0 Å². The molecule has 1 fully saturated rings. The molecule has 1 saturated heterocycles. The van der Waals surface area contributed by atoms with Crippen LogP contribution in [0.5, 0.6) is 0 Å². The van der Waals surface area contributed by atoms with Gasteiger partial charge in [-0.15, -0.1) is 0 Å². The van der Waals surface area contributed by atoms with Crippen molar-refractivity contribution in [3.63, 3.8) is 0 Å². The molecule has 0 spiro atoms. The number of carbonyl (C=O) groups is 1. The molecule has 1 amide bonds. The number of para-hydroxylation sites is 1. The van der Waals surface area contributed by atoms with Crippen molar-refractivity contribution in [2.24, 2.45) is 11.1 Å². The Hall–Kier alpha value is -3.33. The number of fused-ring (bicyclic) bond motifs is 1. The molecule has 0 aliphatic carbocycles. The van der Waals surface area contributed by atoms with E-state index in [1.807, 2.05) is 26.0 Å². The van der Waals surface area contributed by atoms with Crippen LogP contribution in [0.2, 0.25) is 0 Å². The Bertz CT molecular complexity index is 1470. The van der Waals surface area contributed by atoms with Gasteiger partial charge >= 0.3 is 0 Å². The van der Waals surface area contributed by atoms with Crippen LogP contribution in [0.4, 0.5) is 11.6 Å². The first kappa shape index (κ1) is 25.8. The fourth-order valence-electron chi connectivity index (χ4n) is 4.67. The van der Waals surface area contributed by atoms with E-state index >= 15 is 0 Å². The van der Waals surface area contributed by atoms with Crippen LogP contribution in [0.1, 0.15) is 50.8 Å². The minimum atomic E-state index is -3.92. The van der Waals surface area contributed by atoms with Gasteiger partial charge in [0.25, 0.3) is 0 Å². The molecule has 3 N–H and O–H groups in total. The largest absolute Gasteiger partial charge is 0.440 e. The minimum absolute atomic E-state index is 0.00863. The Morgan fingerprint density at radius 1 is 1.17 bits per heavy atom. The van der Waals surface area contributed by atoms with E-state index in [2.05, 4.69) is 24.1 Å². The van der Waals surface area contributed by atoms with Gasteiger partial charge < -0.3 is 20.4 Å². The smallest absolute Gasteiger partial charge is 0.233 e. The molecule has 3 aromatic rings. The molecule has 2 heterocycles. The molecule has 1 aliphatic rings. The summed E-state index contributed by atoms with van der Waals surface area (Å²) in [4.78, 5) is 26.5.